The quantitative estimate of drug-likeness (QED) is 0.247. The number of nitrogens with zero attached hydrogens (tertiary/aromatic N) is 6. The van der Waals surface area contributed by atoms with Crippen molar-refractivity contribution in [2.75, 3.05) is 68.5 Å². The molecule has 0 saturated carbocycles. The fourth-order valence-corrected chi connectivity index (χ4v) is 18.8. The second kappa shape index (κ2) is 7.79. The Hall–Kier alpha value is 0.600. The highest BCUT2D eigenvalue weighted by Gasteiger charge is 2.45. The van der Waals surface area contributed by atoms with Crippen LogP contribution in [-0.4, -0.2) is 77.8 Å². The van der Waals surface area contributed by atoms with Crippen molar-refractivity contribution in [2.45, 2.75) is 0 Å². The first-order chi connectivity index (χ1) is 12.4. The lowest BCUT2D eigenvalue weighted by Crippen LogP contribution is -2.23. The lowest BCUT2D eigenvalue weighted by atomic mass is 11.0. The van der Waals surface area contributed by atoms with Gasteiger partial charge in [-0.2, -0.15) is 18.1 Å². The van der Waals surface area contributed by atoms with Gasteiger partial charge in [0.1, 0.15) is 0 Å². The largest absolute Gasteiger partial charge is 0.257 e. The molecular weight excluding hydrogens is 412 g/mol. The van der Waals surface area contributed by atoms with Crippen LogP contribution in [0.3, 0.4) is 0 Å². The molecule has 3 aliphatic rings. The van der Waals surface area contributed by atoms with Gasteiger partial charge in [0.2, 0.25) is 30.0 Å². The number of hydrogen-bond donors (Lipinski definition) is 6. The van der Waals surface area contributed by atoms with Gasteiger partial charge < -0.3 is 0 Å². The van der Waals surface area contributed by atoms with E-state index in [1.807, 2.05) is 42.3 Å². The van der Waals surface area contributed by atoms with Crippen LogP contribution in [0.15, 0.2) is 18.1 Å². The first-order valence-corrected chi connectivity index (χ1v) is 15.3. The molecule has 3 rings (SSSR count). The van der Waals surface area contributed by atoms with Gasteiger partial charge >= 0.3 is 0 Å². The lowest BCUT2D eigenvalue weighted by Gasteiger charge is -2.35. The average Bonchev–Trinajstić information content (AvgIpc) is 3.54. The summed E-state index contributed by atoms with van der Waals surface area (Å²) in [5.41, 5.74) is 0. The molecule has 0 aromatic carbocycles. The molecule has 0 aliphatic carbocycles. The van der Waals surface area contributed by atoms with E-state index in [0.29, 0.717) is 0 Å². The Labute approximate surface area is 156 Å². The topological polar surface area (TPSA) is 128 Å². The molecule has 0 aromatic heterocycles. The predicted octanol–water partition coefficient (Wildman–Crippen LogP) is 1.73. The Bertz CT molecular complexity index is 719. The molecule has 0 radical (unpaired) electrons. The normalized spacial score (nSPS) is 35.9. The second-order valence-electron chi connectivity index (χ2n) is 5.95. The van der Waals surface area contributed by atoms with Crippen LogP contribution >= 0.6 is 30.0 Å². The van der Waals surface area contributed by atoms with Gasteiger partial charge in [-0.1, -0.05) is 0 Å². The van der Waals surface area contributed by atoms with E-state index in [1.54, 1.807) is 0 Å². The third-order valence-electron chi connectivity index (χ3n) is 4.50. The highest BCUT2D eigenvalue weighted by molar-refractivity contribution is 7.83. The molecule has 12 nitrogen and oxygen atoms in total. The monoisotopic (exact) mass is 444 g/mol. The molecule has 2 fully saturated rings. The standard InChI is InChI=1S/C10H32N12P4/c1-11-23(12-2)17-24(13-3,14-4)19-26(16-6,22-9-10-22)20-25(15-5,18-23)21-7-8-21/h11-16H,7-10H2,1-6H3/t25-,26?/m1/s1. The third kappa shape index (κ3) is 3.73. The minimum atomic E-state index is -2.40. The van der Waals surface area contributed by atoms with Crippen molar-refractivity contribution in [1.82, 2.24) is 39.9 Å². The molecule has 3 aliphatic heterocycles. The van der Waals surface area contributed by atoms with E-state index in [9.17, 15) is 0 Å². The van der Waals surface area contributed by atoms with Gasteiger partial charge in [-0.3, -0.25) is 30.5 Å². The zero-order chi connectivity index (χ0) is 19.1. The molecule has 1 unspecified atom stereocenters. The Morgan fingerprint density at radius 3 is 1.23 bits per heavy atom. The molecule has 0 bridgehead atoms. The number of rotatable bonds is 8. The van der Waals surface area contributed by atoms with Crippen molar-refractivity contribution in [3.8, 4) is 0 Å². The summed E-state index contributed by atoms with van der Waals surface area (Å²) in [6.45, 7) is 3.99. The minimum absolute atomic E-state index is 0.997. The van der Waals surface area contributed by atoms with Crippen LogP contribution in [0.25, 0.3) is 0 Å². The lowest BCUT2D eigenvalue weighted by molar-refractivity contribution is 0.851. The summed E-state index contributed by atoms with van der Waals surface area (Å²) in [6.07, 6.45) is 0. The van der Waals surface area contributed by atoms with Gasteiger partial charge in [0.05, 0.1) is 0 Å². The van der Waals surface area contributed by atoms with Crippen molar-refractivity contribution in [2.24, 2.45) is 18.1 Å². The van der Waals surface area contributed by atoms with Gasteiger partial charge in [0.15, 0.2) is 0 Å². The van der Waals surface area contributed by atoms with Gasteiger partial charge in [-0.15, -0.1) is 0 Å². The molecule has 0 aromatic rings. The van der Waals surface area contributed by atoms with Crippen molar-refractivity contribution in [3.05, 3.63) is 0 Å². The maximum atomic E-state index is 5.40. The van der Waals surface area contributed by atoms with E-state index >= 15 is 0 Å². The number of hydrogen-bond acceptors (Lipinski definition) is 12. The summed E-state index contributed by atoms with van der Waals surface area (Å²) in [6, 6.07) is 0. The van der Waals surface area contributed by atoms with Gasteiger partial charge in [0, 0.05) is 26.2 Å². The van der Waals surface area contributed by atoms with E-state index in [2.05, 4.69) is 39.9 Å². The van der Waals surface area contributed by atoms with E-state index in [-0.39, 0.29) is 0 Å². The van der Waals surface area contributed by atoms with Crippen LogP contribution in [0.2, 0.25) is 0 Å². The Balaban J connectivity index is 2.40. The summed E-state index contributed by atoms with van der Waals surface area (Å²) in [7, 11) is 2.07. The van der Waals surface area contributed by atoms with Crippen LogP contribution in [-0.2, 0) is 0 Å². The predicted molar refractivity (Wildman–Crippen MR) is 115 cm³/mol. The highest BCUT2D eigenvalue weighted by Crippen LogP contribution is 2.76. The van der Waals surface area contributed by atoms with Crippen molar-refractivity contribution in [3.63, 3.8) is 0 Å². The fraction of sp³-hybridized carbons (Fsp3) is 1.00. The molecule has 26 heavy (non-hydrogen) atoms. The summed E-state index contributed by atoms with van der Waals surface area (Å²) in [5, 5.41) is 20.4. The van der Waals surface area contributed by atoms with E-state index < -0.39 is 30.0 Å². The molecule has 0 amide bonds. The summed E-state index contributed by atoms with van der Waals surface area (Å²) in [4.78, 5) is 0. The maximum Gasteiger partial charge on any atom is 0.218 e. The molecule has 0 spiro atoms. The van der Waals surface area contributed by atoms with Crippen LogP contribution in [0, 0.1) is 0 Å². The van der Waals surface area contributed by atoms with Crippen LogP contribution in [0.4, 0.5) is 0 Å². The highest BCUT2D eigenvalue weighted by atomic mass is 31.3. The molecule has 2 atom stereocenters. The van der Waals surface area contributed by atoms with E-state index in [1.165, 1.54) is 0 Å². The van der Waals surface area contributed by atoms with Crippen LogP contribution in [0.5, 0.6) is 0 Å². The van der Waals surface area contributed by atoms with Crippen molar-refractivity contribution < 1.29 is 0 Å². The van der Waals surface area contributed by atoms with Crippen LogP contribution < -0.4 is 30.5 Å². The Morgan fingerprint density at radius 2 is 0.885 bits per heavy atom. The third-order valence-corrected chi connectivity index (χ3v) is 18.7. The first kappa shape index (κ1) is 21.3. The summed E-state index contributed by atoms with van der Waals surface area (Å²) in [5.74, 6) is 0. The summed E-state index contributed by atoms with van der Waals surface area (Å²) < 4.78 is 25.8. The fourth-order valence-electron chi connectivity index (χ4n) is 2.71. The van der Waals surface area contributed by atoms with Gasteiger partial charge in [-0.25, -0.2) is 9.34 Å². The minimum Gasteiger partial charge on any atom is -0.257 e. The van der Waals surface area contributed by atoms with E-state index in [0.717, 1.165) is 26.2 Å². The average molecular weight is 444 g/mol. The van der Waals surface area contributed by atoms with Crippen molar-refractivity contribution in [1.29, 1.82) is 0 Å². The molecule has 152 valence electrons. The molecule has 2 saturated heterocycles. The zero-order valence-electron chi connectivity index (χ0n) is 16.3. The molecule has 16 heteroatoms. The van der Waals surface area contributed by atoms with E-state index in [4.69, 9.17) is 18.1 Å². The van der Waals surface area contributed by atoms with Crippen molar-refractivity contribution >= 4 is 30.0 Å². The van der Waals surface area contributed by atoms with Crippen LogP contribution in [0.1, 0.15) is 0 Å². The first-order valence-electron chi connectivity index (χ1n) is 8.61. The second-order valence-corrected chi connectivity index (χ2v) is 17.3. The van der Waals surface area contributed by atoms with Gasteiger partial charge in [0.25, 0.3) is 0 Å². The van der Waals surface area contributed by atoms with Gasteiger partial charge in [-0.05, 0) is 42.3 Å². The number of nitrogens with one attached hydrogen (secondary N) is 6. The Morgan fingerprint density at radius 1 is 0.500 bits per heavy atom. The summed E-state index contributed by atoms with van der Waals surface area (Å²) >= 11 is 0. The molecular formula is C10H32N12P4. The molecule has 3 heterocycles. The zero-order valence-corrected chi connectivity index (χ0v) is 19.9. The molecule has 6 N–H and O–H groups in total. The maximum absolute atomic E-state index is 5.40. The SMILES string of the molecule is CNP1(NC)=NP(NC)(NC)=NP(NC)(N2CC2)=N[P@](NC)(N2CC2)=N1. The smallest absolute Gasteiger partial charge is 0.218 e. The Kier molecular flexibility index (Phi) is 6.38.